The minimum Gasteiger partial charge on any atom is -0.352 e. The van der Waals surface area contributed by atoms with E-state index in [1.165, 1.54) is 12.8 Å². The van der Waals surface area contributed by atoms with Gasteiger partial charge >= 0.3 is 0 Å². The predicted octanol–water partition coefficient (Wildman–Crippen LogP) is 3.76. The first kappa shape index (κ1) is 20.1. The van der Waals surface area contributed by atoms with Crippen molar-refractivity contribution in [2.45, 2.75) is 57.8 Å². The zero-order valence-corrected chi connectivity index (χ0v) is 16.9. The maximum absolute atomic E-state index is 12.9. The number of amides is 1. The highest BCUT2D eigenvalue weighted by Gasteiger charge is 2.29. The van der Waals surface area contributed by atoms with Crippen LogP contribution in [0, 0.1) is 5.92 Å². The molecule has 6 nitrogen and oxygen atoms in total. The number of halogens is 1. The Morgan fingerprint density at radius 2 is 2.19 bits per heavy atom. The molecule has 1 unspecified atom stereocenters. The molecule has 2 aliphatic rings. The van der Waals surface area contributed by atoms with Gasteiger partial charge in [0, 0.05) is 18.2 Å². The maximum atomic E-state index is 12.9. The average molecular weight is 393 g/mol. The molecule has 7 heteroatoms. The molecule has 148 valence electrons. The minimum atomic E-state index is -0.0341. The van der Waals surface area contributed by atoms with Crippen molar-refractivity contribution >= 4 is 29.4 Å². The van der Waals surface area contributed by atoms with Crippen molar-refractivity contribution in [2.75, 3.05) is 19.6 Å². The molecular weight excluding hydrogens is 364 g/mol. The quantitative estimate of drug-likeness (QED) is 0.782. The molecule has 2 fully saturated rings. The number of carbonyl (C=O) groups excluding carboxylic acids is 1. The second-order valence-corrected chi connectivity index (χ2v) is 8.03. The van der Waals surface area contributed by atoms with Crippen LogP contribution in [0.1, 0.15) is 79.5 Å². The molecule has 27 heavy (non-hydrogen) atoms. The predicted molar refractivity (Wildman–Crippen MR) is 108 cm³/mol. The summed E-state index contributed by atoms with van der Waals surface area (Å²) in [6.45, 7) is 7.00. The van der Waals surface area contributed by atoms with Crippen molar-refractivity contribution in [1.82, 2.24) is 20.8 Å². The first-order chi connectivity index (χ1) is 12.6. The number of nitrogens with zero attached hydrogens (tertiary/aromatic N) is 2. The fraction of sp³-hybridized carbons (Fsp3) is 0.650. The van der Waals surface area contributed by atoms with E-state index in [0.29, 0.717) is 29.7 Å². The van der Waals surface area contributed by atoms with Crippen molar-refractivity contribution in [3.63, 3.8) is 0 Å². The third-order valence-electron chi connectivity index (χ3n) is 5.52. The van der Waals surface area contributed by atoms with Crippen molar-refractivity contribution in [2.24, 2.45) is 5.92 Å². The maximum Gasteiger partial charge on any atom is 0.259 e. The zero-order chi connectivity index (χ0) is 18.1. The van der Waals surface area contributed by atoms with E-state index in [2.05, 4.69) is 34.6 Å². The van der Waals surface area contributed by atoms with E-state index in [9.17, 15) is 4.79 Å². The number of hydrogen-bond donors (Lipinski definition) is 2. The fourth-order valence-electron chi connectivity index (χ4n) is 3.81. The highest BCUT2D eigenvalue weighted by molar-refractivity contribution is 6.06. The molecule has 1 amide bonds. The van der Waals surface area contributed by atoms with E-state index < -0.39 is 0 Å². The SMILES string of the molecule is CC(C)c1noc2nc(C3CC3)cc(C(=O)NCCC3CCCNC3)c12.Cl. The van der Waals surface area contributed by atoms with Crippen LogP contribution >= 0.6 is 12.4 Å². The van der Waals surface area contributed by atoms with Crippen LogP contribution in [-0.4, -0.2) is 35.7 Å². The highest BCUT2D eigenvalue weighted by atomic mass is 35.5. The Labute approximate surface area is 166 Å². The summed E-state index contributed by atoms with van der Waals surface area (Å²) < 4.78 is 5.47. The van der Waals surface area contributed by atoms with Gasteiger partial charge in [-0.25, -0.2) is 4.98 Å². The summed E-state index contributed by atoms with van der Waals surface area (Å²) in [6, 6.07) is 1.96. The molecular formula is C20H29ClN4O2. The van der Waals surface area contributed by atoms with Crippen LogP contribution < -0.4 is 10.6 Å². The fourth-order valence-corrected chi connectivity index (χ4v) is 3.81. The van der Waals surface area contributed by atoms with Gasteiger partial charge in [0.1, 0.15) is 0 Å². The molecule has 2 aromatic heterocycles. The molecule has 1 aliphatic carbocycles. The lowest BCUT2D eigenvalue weighted by molar-refractivity contribution is 0.0952. The lowest BCUT2D eigenvalue weighted by Gasteiger charge is -2.22. The normalized spacial score (nSPS) is 19.9. The molecule has 1 aliphatic heterocycles. The van der Waals surface area contributed by atoms with Crippen molar-refractivity contribution in [3.8, 4) is 0 Å². The number of fused-ring (bicyclic) bond motifs is 1. The average Bonchev–Trinajstić information content (AvgIpc) is 3.40. The molecule has 1 saturated carbocycles. The molecule has 1 atom stereocenters. The highest BCUT2D eigenvalue weighted by Crippen LogP contribution is 2.41. The van der Waals surface area contributed by atoms with Crippen LogP contribution in [0.25, 0.3) is 11.1 Å². The van der Waals surface area contributed by atoms with Crippen molar-refractivity contribution < 1.29 is 9.32 Å². The van der Waals surface area contributed by atoms with Gasteiger partial charge in [0.15, 0.2) is 0 Å². The number of hydrogen-bond acceptors (Lipinski definition) is 5. The molecule has 0 bridgehead atoms. The Balaban J connectivity index is 0.00000210. The smallest absolute Gasteiger partial charge is 0.259 e. The van der Waals surface area contributed by atoms with Crippen LogP contribution in [0.5, 0.6) is 0 Å². The lowest BCUT2D eigenvalue weighted by Crippen LogP contribution is -2.33. The third kappa shape index (κ3) is 4.43. The Morgan fingerprint density at radius 1 is 1.37 bits per heavy atom. The number of piperidine rings is 1. The number of carbonyl (C=O) groups is 1. The van der Waals surface area contributed by atoms with Gasteiger partial charge in [0.2, 0.25) is 0 Å². The van der Waals surface area contributed by atoms with Crippen LogP contribution in [0.15, 0.2) is 10.6 Å². The van der Waals surface area contributed by atoms with Gasteiger partial charge in [0.25, 0.3) is 11.6 Å². The number of nitrogens with one attached hydrogen (secondary N) is 2. The van der Waals surface area contributed by atoms with E-state index in [0.717, 1.165) is 49.1 Å². The summed E-state index contributed by atoms with van der Waals surface area (Å²) in [7, 11) is 0. The Kier molecular flexibility index (Phi) is 6.37. The van der Waals surface area contributed by atoms with Crippen LogP contribution in [-0.2, 0) is 0 Å². The van der Waals surface area contributed by atoms with E-state index in [1.807, 2.05) is 6.07 Å². The molecule has 2 N–H and O–H groups in total. The molecule has 0 radical (unpaired) electrons. The molecule has 4 rings (SSSR count). The van der Waals surface area contributed by atoms with Crippen LogP contribution in [0.3, 0.4) is 0 Å². The van der Waals surface area contributed by atoms with Gasteiger partial charge in [-0.05, 0) is 63.1 Å². The summed E-state index contributed by atoms with van der Waals surface area (Å²) in [5, 5.41) is 11.5. The molecule has 2 aromatic rings. The summed E-state index contributed by atoms with van der Waals surface area (Å²) in [5.41, 5.74) is 2.95. The van der Waals surface area contributed by atoms with E-state index in [-0.39, 0.29) is 24.2 Å². The standard InChI is InChI=1S/C20H28N4O2.ClH/c1-12(2)18-17-15(10-16(14-5-6-14)23-20(17)26-24-18)19(25)22-9-7-13-4-3-8-21-11-13;/h10,12-14,21H,3-9,11H2,1-2H3,(H,22,25);1H. The van der Waals surface area contributed by atoms with Crippen molar-refractivity contribution in [3.05, 3.63) is 23.0 Å². The first-order valence-electron chi connectivity index (χ1n) is 9.92. The second kappa shape index (κ2) is 8.57. The number of rotatable bonds is 6. The molecule has 3 heterocycles. The van der Waals surface area contributed by atoms with E-state index in [4.69, 9.17) is 4.52 Å². The number of aromatic nitrogens is 2. The molecule has 1 saturated heterocycles. The van der Waals surface area contributed by atoms with Crippen LogP contribution in [0.4, 0.5) is 0 Å². The lowest BCUT2D eigenvalue weighted by atomic mass is 9.96. The Hall–Kier alpha value is -1.66. The molecule has 0 spiro atoms. The second-order valence-electron chi connectivity index (χ2n) is 8.03. The number of pyridine rings is 1. The molecule has 0 aromatic carbocycles. The topological polar surface area (TPSA) is 80.0 Å². The minimum absolute atomic E-state index is 0. The Bertz CT molecular complexity index is 795. The van der Waals surface area contributed by atoms with Gasteiger partial charge in [-0.15, -0.1) is 12.4 Å². The van der Waals surface area contributed by atoms with Gasteiger partial charge < -0.3 is 15.2 Å². The largest absolute Gasteiger partial charge is 0.352 e. The van der Waals surface area contributed by atoms with Gasteiger partial charge in [0.05, 0.1) is 16.6 Å². The van der Waals surface area contributed by atoms with E-state index >= 15 is 0 Å². The summed E-state index contributed by atoms with van der Waals surface area (Å²) in [6.07, 6.45) is 5.77. The zero-order valence-electron chi connectivity index (χ0n) is 16.1. The van der Waals surface area contributed by atoms with Crippen LogP contribution in [0.2, 0.25) is 0 Å². The third-order valence-corrected chi connectivity index (χ3v) is 5.52. The monoisotopic (exact) mass is 392 g/mol. The van der Waals surface area contributed by atoms with Gasteiger partial charge in [-0.1, -0.05) is 19.0 Å². The van der Waals surface area contributed by atoms with Gasteiger partial charge in [-0.3, -0.25) is 4.79 Å². The summed E-state index contributed by atoms with van der Waals surface area (Å²) in [4.78, 5) is 17.6. The van der Waals surface area contributed by atoms with Gasteiger partial charge in [-0.2, -0.15) is 0 Å². The Morgan fingerprint density at radius 3 is 2.85 bits per heavy atom. The summed E-state index contributed by atoms with van der Waals surface area (Å²) >= 11 is 0. The summed E-state index contributed by atoms with van der Waals surface area (Å²) in [5.74, 6) is 1.27. The van der Waals surface area contributed by atoms with Crippen molar-refractivity contribution in [1.29, 1.82) is 0 Å². The first-order valence-corrected chi connectivity index (χ1v) is 9.92. The van der Waals surface area contributed by atoms with E-state index in [1.54, 1.807) is 0 Å².